The van der Waals surface area contributed by atoms with Crippen LogP contribution in [0.5, 0.6) is 0 Å². The third-order valence-electron chi connectivity index (χ3n) is 2.42. The van der Waals surface area contributed by atoms with Crippen LogP contribution in [0.4, 0.5) is 11.5 Å². The molecule has 0 bridgehead atoms. The van der Waals surface area contributed by atoms with Crippen molar-refractivity contribution in [2.24, 2.45) is 0 Å². The van der Waals surface area contributed by atoms with Crippen LogP contribution in [0.25, 0.3) is 0 Å². The van der Waals surface area contributed by atoms with Crippen LogP contribution in [0.3, 0.4) is 0 Å². The normalized spacial score (nSPS) is 20.1. The number of nitrogens with zero attached hydrogens (tertiary/aromatic N) is 1. The molecule has 4 N–H and O–H groups in total. The Morgan fingerprint density at radius 2 is 2.47 bits per heavy atom. The molecule has 1 unspecified atom stereocenters. The van der Waals surface area contributed by atoms with Gasteiger partial charge in [0, 0.05) is 13.0 Å². The number of rotatable bonds is 2. The summed E-state index contributed by atoms with van der Waals surface area (Å²) in [5, 5.41) is 5.98. The van der Waals surface area contributed by atoms with E-state index in [2.05, 4.69) is 15.6 Å². The van der Waals surface area contributed by atoms with E-state index in [1.54, 1.807) is 6.20 Å². The maximum Gasteiger partial charge on any atom is 0.222 e. The number of anilines is 2. The van der Waals surface area contributed by atoms with Crippen molar-refractivity contribution in [3.8, 4) is 0 Å². The summed E-state index contributed by atoms with van der Waals surface area (Å²) in [6.07, 6.45) is 2.12. The lowest BCUT2D eigenvalue weighted by Crippen LogP contribution is -2.23. The van der Waals surface area contributed by atoms with Gasteiger partial charge in [0.05, 0.1) is 17.9 Å². The molecular formula is C10H14N4O. The van der Waals surface area contributed by atoms with Crippen LogP contribution in [0.15, 0.2) is 12.3 Å². The molecular weight excluding hydrogens is 192 g/mol. The van der Waals surface area contributed by atoms with Gasteiger partial charge in [0.15, 0.2) is 0 Å². The quantitative estimate of drug-likeness (QED) is 0.649. The molecule has 1 atom stereocenters. The van der Waals surface area contributed by atoms with E-state index < -0.39 is 0 Å². The monoisotopic (exact) mass is 206 g/mol. The zero-order valence-corrected chi connectivity index (χ0v) is 8.58. The van der Waals surface area contributed by atoms with Crippen molar-refractivity contribution < 1.29 is 4.79 Å². The van der Waals surface area contributed by atoms with Crippen LogP contribution in [-0.4, -0.2) is 23.5 Å². The number of aromatic nitrogens is 1. The van der Waals surface area contributed by atoms with Crippen LogP contribution < -0.4 is 16.4 Å². The van der Waals surface area contributed by atoms with E-state index >= 15 is 0 Å². The molecule has 0 saturated carbocycles. The average Bonchev–Trinajstić information content (AvgIpc) is 2.56. The first-order valence-corrected chi connectivity index (χ1v) is 4.90. The second-order valence-electron chi connectivity index (χ2n) is 3.78. The first-order valence-electron chi connectivity index (χ1n) is 4.90. The largest absolute Gasteiger partial charge is 0.397 e. The highest BCUT2D eigenvalue weighted by Gasteiger charge is 2.21. The number of pyridine rings is 1. The molecule has 0 radical (unpaired) electrons. The van der Waals surface area contributed by atoms with Gasteiger partial charge in [-0.25, -0.2) is 4.98 Å². The van der Waals surface area contributed by atoms with Gasteiger partial charge in [-0.15, -0.1) is 0 Å². The Morgan fingerprint density at radius 3 is 3.07 bits per heavy atom. The minimum absolute atomic E-state index is 0.0839. The van der Waals surface area contributed by atoms with E-state index in [0.29, 0.717) is 18.7 Å². The van der Waals surface area contributed by atoms with Gasteiger partial charge in [-0.05, 0) is 18.6 Å². The van der Waals surface area contributed by atoms with Gasteiger partial charge in [0.1, 0.15) is 5.82 Å². The summed E-state index contributed by atoms with van der Waals surface area (Å²) in [6.45, 7) is 2.60. The Balaban J connectivity index is 2.07. The van der Waals surface area contributed by atoms with Crippen molar-refractivity contribution in [1.82, 2.24) is 10.3 Å². The van der Waals surface area contributed by atoms with Crippen molar-refractivity contribution in [2.75, 3.05) is 17.6 Å². The van der Waals surface area contributed by atoms with Gasteiger partial charge in [0.25, 0.3) is 0 Å². The van der Waals surface area contributed by atoms with Crippen molar-refractivity contribution in [3.63, 3.8) is 0 Å². The molecule has 0 spiro atoms. The van der Waals surface area contributed by atoms with Crippen LogP contribution in [0.2, 0.25) is 0 Å². The second-order valence-corrected chi connectivity index (χ2v) is 3.78. The van der Waals surface area contributed by atoms with E-state index in [0.717, 1.165) is 11.4 Å². The highest BCUT2D eigenvalue weighted by atomic mass is 16.1. The molecule has 5 heteroatoms. The maximum atomic E-state index is 11.0. The lowest BCUT2D eigenvalue weighted by atomic mass is 10.2. The number of carbonyl (C=O) groups is 1. The standard InChI is InChI=1S/C10H14N4O/c1-6-2-7(11)4-13-10(6)14-8-3-9(15)12-5-8/h2,4,8H,3,5,11H2,1H3,(H,12,15)(H,13,14). The van der Waals surface area contributed by atoms with E-state index in [4.69, 9.17) is 5.73 Å². The van der Waals surface area contributed by atoms with E-state index in [-0.39, 0.29) is 11.9 Å². The Kier molecular flexibility index (Phi) is 2.45. The fourth-order valence-corrected chi connectivity index (χ4v) is 1.65. The molecule has 2 rings (SSSR count). The molecule has 5 nitrogen and oxygen atoms in total. The molecule has 1 aliphatic rings. The van der Waals surface area contributed by atoms with Crippen LogP contribution in [0.1, 0.15) is 12.0 Å². The predicted octanol–water partition coefficient (Wildman–Crippen LogP) is 0.273. The zero-order chi connectivity index (χ0) is 10.8. The topological polar surface area (TPSA) is 80.0 Å². The van der Waals surface area contributed by atoms with Crippen LogP contribution in [0, 0.1) is 6.92 Å². The van der Waals surface area contributed by atoms with Crippen LogP contribution in [-0.2, 0) is 4.79 Å². The van der Waals surface area contributed by atoms with Gasteiger partial charge in [-0.3, -0.25) is 4.79 Å². The van der Waals surface area contributed by atoms with Crippen molar-refractivity contribution >= 4 is 17.4 Å². The summed E-state index contributed by atoms with van der Waals surface area (Å²) in [5.41, 5.74) is 7.25. The minimum Gasteiger partial charge on any atom is -0.397 e. The molecule has 1 saturated heterocycles. The number of nitrogens with two attached hydrogens (primary N) is 1. The molecule has 0 aliphatic carbocycles. The molecule has 15 heavy (non-hydrogen) atoms. The molecule has 1 aromatic heterocycles. The van der Waals surface area contributed by atoms with Crippen molar-refractivity contribution in [2.45, 2.75) is 19.4 Å². The van der Waals surface area contributed by atoms with Gasteiger partial charge in [-0.1, -0.05) is 0 Å². The lowest BCUT2D eigenvalue weighted by molar-refractivity contribution is -0.119. The predicted molar refractivity (Wildman–Crippen MR) is 58.4 cm³/mol. The molecule has 1 amide bonds. The Hall–Kier alpha value is -1.78. The van der Waals surface area contributed by atoms with Gasteiger partial charge in [0.2, 0.25) is 5.91 Å². The number of carbonyl (C=O) groups excluding carboxylic acids is 1. The van der Waals surface area contributed by atoms with Crippen molar-refractivity contribution in [3.05, 3.63) is 17.8 Å². The summed E-state index contributed by atoms with van der Waals surface area (Å²) in [6, 6.07) is 1.99. The summed E-state index contributed by atoms with van der Waals surface area (Å²) in [7, 11) is 0. The molecule has 0 aromatic carbocycles. The number of amides is 1. The molecule has 1 aliphatic heterocycles. The molecule has 2 heterocycles. The average molecular weight is 206 g/mol. The van der Waals surface area contributed by atoms with Gasteiger partial charge < -0.3 is 16.4 Å². The summed E-state index contributed by atoms with van der Waals surface area (Å²) in [5.74, 6) is 0.881. The third-order valence-corrected chi connectivity index (χ3v) is 2.42. The molecule has 1 aromatic rings. The fraction of sp³-hybridized carbons (Fsp3) is 0.400. The smallest absolute Gasteiger partial charge is 0.222 e. The first kappa shape index (κ1) is 9.76. The van der Waals surface area contributed by atoms with E-state index in [1.807, 2.05) is 13.0 Å². The number of hydrogen-bond donors (Lipinski definition) is 3. The summed E-state index contributed by atoms with van der Waals surface area (Å²) in [4.78, 5) is 15.2. The molecule has 80 valence electrons. The van der Waals surface area contributed by atoms with Crippen molar-refractivity contribution in [1.29, 1.82) is 0 Å². The third kappa shape index (κ3) is 2.18. The Morgan fingerprint density at radius 1 is 1.67 bits per heavy atom. The van der Waals surface area contributed by atoms with Gasteiger partial charge in [-0.2, -0.15) is 0 Å². The number of hydrogen-bond acceptors (Lipinski definition) is 4. The Labute approximate surface area is 88.1 Å². The molecule has 1 fully saturated rings. The fourth-order valence-electron chi connectivity index (χ4n) is 1.65. The Bertz CT molecular complexity index is 391. The SMILES string of the molecule is Cc1cc(N)cnc1NC1CNC(=O)C1. The van der Waals surface area contributed by atoms with Gasteiger partial charge >= 0.3 is 0 Å². The lowest BCUT2D eigenvalue weighted by Gasteiger charge is -2.13. The second kappa shape index (κ2) is 3.76. The highest BCUT2D eigenvalue weighted by molar-refractivity contribution is 5.79. The minimum atomic E-state index is 0.0839. The number of nitrogens with one attached hydrogen (secondary N) is 2. The number of aryl methyl sites for hydroxylation is 1. The van der Waals surface area contributed by atoms with E-state index in [1.165, 1.54) is 0 Å². The number of nitrogen functional groups attached to an aromatic ring is 1. The van der Waals surface area contributed by atoms with Crippen LogP contribution >= 0.6 is 0 Å². The highest BCUT2D eigenvalue weighted by Crippen LogP contribution is 2.16. The first-order chi connectivity index (χ1) is 7.15. The maximum absolute atomic E-state index is 11.0. The summed E-state index contributed by atoms with van der Waals surface area (Å²) >= 11 is 0. The zero-order valence-electron chi connectivity index (χ0n) is 8.58. The van der Waals surface area contributed by atoms with E-state index in [9.17, 15) is 4.79 Å². The summed E-state index contributed by atoms with van der Waals surface area (Å²) < 4.78 is 0.